The number of benzene rings is 1. The van der Waals surface area contributed by atoms with Crippen LogP contribution in [0.5, 0.6) is 5.75 Å². The lowest BCUT2D eigenvalue weighted by Crippen LogP contribution is -2.39. The average Bonchev–Trinajstić information content (AvgIpc) is 2.50. The van der Waals surface area contributed by atoms with Gasteiger partial charge in [0.1, 0.15) is 5.75 Å². The van der Waals surface area contributed by atoms with Crippen molar-refractivity contribution in [1.82, 2.24) is 4.90 Å². The van der Waals surface area contributed by atoms with Gasteiger partial charge in [0.25, 0.3) is 0 Å². The van der Waals surface area contributed by atoms with Crippen LogP contribution in [0.2, 0.25) is 0 Å². The van der Waals surface area contributed by atoms with Crippen LogP contribution in [-0.4, -0.2) is 41.0 Å². The van der Waals surface area contributed by atoms with Gasteiger partial charge in [-0.25, -0.2) is 4.79 Å². The van der Waals surface area contributed by atoms with Crippen LogP contribution in [0, 0.1) is 0 Å². The Morgan fingerprint density at radius 3 is 2.62 bits per heavy atom. The van der Waals surface area contributed by atoms with Crippen LogP contribution in [0.1, 0.15) is 32.6 Å². The van der Waals surface area contributed by atoms with Gasteiger partial charge in [-0.15, -0.1) is 11.8 Å². The SMILES string of the molecule is CCCCOC(=O)N1CCC(Sc2ccc(O)cc2)CC1. The summed E-state index contributed by atoms with van der Waals surface area (Å²) in [5, 5.41) is 9.80. The fraction of sp³-hybridized carbons (Fsp3) is 0.562. The van der Waals surface area contributed by atoms with E-state index in [0.29, 0.717) is 17.6 Å². The molecule has 0 aliphatic carbocycles. The predicted molar refractivity (Wildman–Crippen MR) is 84.8 cm³/mol. The zero-order valence-corrected chi connectivity index (χ0v) is 13.3. The molecule has 0 unspecified atom stereocenters. The van der Waals surface area contributed by atoms with Gasteiger partial charge >= 0.3 is 6.09 Å². The van der Waals surface area contributed by atoms with E-state index < -0.39 is 0 Å². The van der Waals surface area contributed by atoms with Crippen LogP contribution in [-0.2, 0) is 4.74 Å². The van der Waals surface area contributed by atoms with Crippen molar-refractivity contribution < 1.29 is 14.6 Å². The number of amides is 1. The number of unbranched alkanes of at least 4 members (excludes halogenated alkanes) is 1. The topological polar surface area (TPSA) is 49.8 Å². The number of hydrogen-bond acceptors (Lipinski definition) is 4. The van der Waals surface area contributed by atoms with E-state index >= 15 is 0 Å². The molecule has 1 N–H and O–H groups in total. The van der Waals surface area contributed by atoms with Gasteiger partial charge in [-0.3, -0.25) is 0 Å². The Balaban J connectivity index is 1.72. The first-order chi connectivity index (χ1) is 10.2. The van der Waals surface area contributed by atoms with E-state index in [9.17, 15) is 9.90 Å². The molecule has 0 saturated carbocycles. The highest BCUT2D eigenvalue weighted by Crippen LogP contribution is 2.31. The molecule has 0 aromatic heterocycles. The van der Waals surface area contributed by atoms with Crippen LogP contribution < -0.4 is 0 Å². The van der Waals surface area contributed by atoms with E-state index in [1.165, 1.54) is 0 Å². The lowest BCUT2D eigenvalue weighted by atomic mass is 10.1. The van der Waals surface area contributed by atoms with Crippen molar-refractivity contribution in [2.24, 2.45) is 0 Å². The molecule has 1 aliphatic rings. The van der Waals surface area contributed by atoms with Gasteiger partial charge in [-0.1, -0.05) is 13.3 Å². The number of aromatic hydroxyl groups is 1. The van der Waals surface area contributed by atoms with Gasteiger partial charge in [-0.05, 0) is 43.5 Å². The molecule has 1 aromatic rings. The molecule has 5 heteroatoms. The number of nitrogens with zero attached hydrogens (tertiary/aromatic N) is 1. The minimum Gasteiger partial charge on any atom is -0.508 e. The zero-order valence-electron chi connectivity index (χ0n) is 12.5. The number of carbonyl (C=O) groups is 1. The van der Waals surface area contributed by atoms with Gasteiger partial charge in [-0.2, -0.15) is 0 Å². The average molecular weight is 309 g/mol. The molecule has 0 bridgehead atoms. The maximum atomic E-state index is 11.8. The third-order valence-electron chi connectivity index (χ3n) is 3.56. The summed E-state index contributed by atoms with van der Waals surface area (Å²) in [5.41, 5.74) is 0. The van der Waals surface area contributed by atoms with E-state index in [4.69, 9.17) is 4.74 Å². The van der Waals surface area contributed by atoms with Gasteiger partial charge in [0.15, 0.2) is 0 Å². The normalized spacial score (nSPS) is 16.0. The van der Waals surface area contributed by atoms with Crippen LogP contribution in [0.3, 0.4) is 0 Å². The number of carbonyl (C=O) groups excluding carboxylic acids is 1. The largest absolute Gasteiger partial charge is 0.508 e. The van der Waals surface area contributed by atoms with E-state index in [1.54, 1.807) is 12.1 Å². The minimum atomic E-state index is -0.170. The molecule has 0 atom stereocenters. The molecule has 2 rings (SSSR count). The lowest BCUT2D eigenvalue weighted by Gasteiger charge is -2.31. The van der Waals surface area contributed by atoms with Crippen LogP contribution in [0.4, 0.5) is 4.79 Å². The Kier molecular flexibility index (Phi) is 6.23. The van der Waals surface area contributed by atoms with E-state index in [2.05, 4.69) is 6.92 Å². The first-order valence-corrected chi connectivity index (χ1v) is 8.44. The lowest BCUT2D eigenvalue weighted by molar-refractivity contribution is 0.0948. The Hall–Kier alpha value is -1.36. The van der Waals surface area contributed by atoms with Crippen LogP contribution in [0.25, 0.3) is 0 Å². The van der Waals surface area contributed by atoms with Gasteiger partial charge in [0, 0.05) is 23.2 Å². The summed E-state index contributed by atoms with van der Waals surface area (Å²) in [4.78, 5) is 14.8. The Morgan fingerprint density at radius 2 is 2.00 bits per heavy atom. The fourth-order valence-electron chi connectivity index (χ4n) is 2.27. The molecule has 1 aromatic carbocycles. The first kappa shape index (κ1) is 16.0. The summed E-state index contributed by atoms with van der Waals surface area (Å²) >= 11 is 1.82. The molecule has 0 spiro atoms. The second-order valence-electron chi connectivity index (χ2n) is 5.27. The number of rotatable bonds is 5. The second-order valence-corrected chi connectivity index (χ2v) is 6.64. The fourth-order valence-corrected chi connectivity index (χ4v) is 3.39. The number of piperidine rings is 1. The van der Waals surface area contributed by atoms with Crippen molar-refractivity contribution in [2.45, 2.75) is 42.8 Å². The molecule has 0 radical (unpaired) electrons. The van der Waals surface area contributed by atoms with Gasteiger partial charge in [0.05, 0.1) is 6.61 Å². The second kappa shape index (κ2) is 8.17. The Morgan fingerprint density at radius 1 is 1.33 bits per heavy atom. The summed E-state index contributed by atoms with van der Waals surface area (Å²) in [6.45, 7) is 4.14. The standard InChI is InChI=1S/C16H23NO3S/c1-2-3-12-20-16(19)17-10-8-15(9-11-17)21-14-6-4-13(18)5-7-14/h4-7,15,18H,2-3,8-12H2,1H3. The van der Waals surface area contributed by atoms with Crippen molar-refractivity contribution in [3.63, 3.8) is 0 Å². The summed E-state index contributed by atoms with van der Waals surface area (Å²) < 4.78 is 5.24. The summed E-state index contributed by atoms with van der Waals surface area (Å²) in [6, 6.07) is 7.29. The monoisotopic (exact) mass is 309 g/mol. The molecule has 1 fully saturated rings. The highest BCUT2D eigenvalue weighted by Gasteiger charge is 2.24. The Bertz CT molecular complexity index is 441. The number of hydrogen-bond donors (Lipinski definition) is 1. The molecular weight excluding hydrogens is 286 g/mol. The van der Waals surface area contributed by atoms with Crippen LogP contribution in [0.15, 0.2) is 29.2 Å². The van der Waals surface area contributed by atoms with E-state index in [-0.39, 0.29) is 6.09 Å². The number of thioether (sulfide) groups is 1. The number of phenols is 1. The Labute approximate surface area is 130 Å². The molecule has 1 aliphatic heterocycles. The molecular formula is C16H23NO3S. The van der Waals surface area contributed by atoms with E-state index in [1.807, 2.05) is 28.8 Å². The maximum absolute atomic E-state index is 11.8. The quantitative estimate of drug-likeness (QED) is 0.838. The van der Waals surface area contributed by atoms with Crippen molar-refractivity contribution >= 4 is 17.9 Å². The smallest absolute Gasteiger partial charge is 0.409 e. The molecule has 1 saturated heterocycles. The zero-order chi connectivity index (χ0) is 15.1. The highest BCUT2D eigenvalue weighted by atomic mass is 32.2. The van der Waals surface area contributed by atoms with Gasteiger partial charge < -0.3 is 14.7 Å². The van der Waals surface area contributed by atoms with E-state index in [0.717, 1.165) is 43.7 Å². The van der Waals surface area contributed by atoms with Gasteiger partial charge in [0.2, 0.25) is 0 Å². The third kappa shape index (κ3) is 5.16. The summed E-state index contributed by atoms with van der Waals surface area (Å²) in [5.74, 6) is 0.295. The summed E-state index contributed by atoms with van der Waals surface area (Å²) in [6.07, 6.45) is 3.76. The highest BCUT2D eigenvalue weighted by molar-refractivity contribution is 8.00. The molecule has 1 heterocycles. The van der Waals surface area contributed by atoms with Crippen molar-refractivity contribution in [1.29, 1.82) is 0 Å². The van der Waals surface area contributed by atoms with Crippen LogP contribution >= 0.6 is 11.8 Å². The van der Waals surface area contributed by atoms with Crippen molar-refractivity contribution in [3.05, 3.63) is 24.3 Å². The minimum absolute atomic E-state index is 0.170. The molecule has 116 valence electrons. The number of phenolic OH excluding ortho intramolecular Hbond substituents is 1. The summed E-state index contributed by atoms with van der Waals surface area (Å²) in [7, 11) is 0. The third-order valence-corrected chi connectivity index (χ3v) is 4.91. The first-order valence-electron chi connectivity index (χ1n) is 7.56. The molecule has 1 amide bonds. The molecule has 21 heavy (non-hydrogen) atoms. The maximum Gasteiger partial charge on any atom is 0.409 e. The predicted octanol–water partition coefficient (Wildman–Crippen LogP) is 3.89. The van der Waals surface area contributed by atoms with Crippen molar-refractivity contribution in [2.75, 3.05) is 19.7 Å². The number of ether oxygens (including phenoxy) is 1. The number of likely N-dealkylation sites (tertiary alicyclic amines) is 1. The molecule has 4 nitrogen and oxygen atoms in total. The van der Waals surface area contributed by atoms with Crippen molar-refractivity contribution in [3.8, 4) is 5.75 Å².